The third-order valence-corrected chi connectivity index (χ3v) is 5.48. The Hall–Kier alpha value is -3.92. The molecule has 1 aliphatic rings. The van der Waals surface area contributed by atoms with Gasteiger partial charge in [-0.1, -0.05) is 72.8 Å². The Morgan fingerprint density at radius 2 is 1.30 bits per heavy atom. The number of hydrogen-bond donors (Lipinski definition) is 1. The Bertz CT molecular complexity index is 1240. The average Bonchev–Trinajstić information content (AvgIpc) is 3.03. The number of carbonyl (C=O) groups excluding carboxylic acids is 2. The molecule has 0 aromatic heterocycles. The van der Waals surface area contributed by atoms with E-state index >= 15 is 0 Å². The third kappa shape index (κ3) is 3.22. The van der Waals surface area contributed by atoms with Gasteiger partial charge < -0.3 is 5.32 Å². The van der Waals surface area contributed by atoms with E-state index in [4.69, 9.17) is 0 Å². The van der Waals surface area contributed by atoms with Crippen LogP contribution in [0, 0.1) is 0 Å². The first-order chi connectivity index (χ1) is 14.7. The number of rotatable bonds is 5. The summed E-state index contributed by atoms with van der Waals surface area (Å²) < 4.78 is 0. The van der Waals surface area contributed by atoms with Gasteiger partial charge >= 0.3 is 0 Å². The monoisotopic (exact) mass is 392 g/mol. The van der Waals surface area contributed by atoms with Gasteiger partial charge in [0.25, 0.3) is 11.8 Å². The maximum Gasteiger partial charge on any atom is 0.261 e. The highest BCUT2D eigenvalue weighted by atomic mass is 16.2. The molecule has 1 heterocycles. The Kier molecular flexibility index (Phi) is 4.52. The van der Waals surface area contributed by atoms with Crippen molar-refractivity contribution in [2.75, 3.05) is 5.32 Å². The topological polar surface area (TPSA) is 49.4 Å². The van der Waals surface area contributed by atoms with Crippen molar-refractivity contribution in [3.05, 3.63) is 113 Å². The van der Waals surface area contributed by atoms with E-state index in [9.17, 15) is 9.59 Å². The second-order valence-electron chi connectivity index (χ2n) is 7.44. The van der Waals surface area contributed by atoms with E-state index in [0.29, 0.717) is 17.7 Å². The minimum atomic E-state index is -0.227. The van der Waals surface area contributed by atoms with Crippen molar-refractivity contribution in [2.45, 2.75) is 13.1 Å². The molecule has 0 spiro atoms. The number of hydrogen-bond acceptors (Lipinski definition) is 3. The highest BCUT2D eigenvalue weighted by Crippen LogP contribution is 2.25. The molecule has 1 aliphatic heterocycles. The van der Waals surface area contributed by atoms with Gasteiger partial charge in [0.1, 0.15) is 0 Å². The van der Waals surface area contributed by atoms with Gasteiger partial charge in [0.15, 0.2) is 0 Å². The van der Waals surface area contributed by atoms with Gasteiger partial charge in [-0.05, 0) is 34.7 Å². The molecule has 0 bridgehead atoms. The Balaban J connectivity index is 1.33. The van der Waals surface area contributed by atoms with Crippen LogP contribution >= 0.6 is 0 Å². The average molecular weight is 392 g/mol. The van der Waals surface area contributed by atoms with Crippen molar-refractivity contribution < 1.29 is 9.59 Å². The molecule has 30 heavy (non-hydrogen) atoms. The SMILES string of the molecule is O=C1c2ccccc2C(=O)N1Cc1cccc(CNc2cccc3ccccc23)c1. The van der Waals surface area contributed by atoms with Crippen LogP contribution in [0.2, 0.25) is 0 Å². The van der Waals surface area contributed by atoms with Crippen LogP contribution in [-0.2, 0) is 13.1 Å². The highest BCUT2D eigenvalue weighted by molar-refractivity contribution is 6.21. The van der Waals surface area contributed by atoms with Crippen LogP contribution in [0.15, 0.2) is 91.0 Å². The van der Waals surface area contributed by atoms with Crippen molar-refractivity contribution >= 4 is 28.3 Å². The summed E-state index contributed by atoms with van der Waals surface area (Å²) >= 11 is 0. The van der Waals surface area contributed by atoms with Gasteiger partial charge in [-0.15, -0.1) is 0 Å². The molecule has 0 saturated heterocycles. The fraction of sp³-hybridized carbons (Fsp3) is 0.0769. The first-order valence-electron chi connectivity index (χ1n) is 9.95. The predicted octanol–water partition coefficient (Wildman–Crippen LogP) is 5.25. The van der Waals surface area contributed by atoms with Crippen LogP contribution in [0.5, 0.6) is 0 Å². The molecule has 146 valence electrons. The lowest BCUT2D eigenvalue weighted by Crippen LogP contribution is -2.29. The molecular weight excluding hydrogens is 372 g/mol. The molecule has 0 saturated carbocycles. The van der Waals surface area contributed by atoms with Crippen molar-refractivity contribution in [3.63, 3.8) is 0 Å². The minimum absolute atomic E-state index is 0.227. The number of fused-ring (bicyclic) bond motifs is 2. The molecule has 0 atom stereocenters. The van der Waals surface area contributed by atoms with Crippen molar-refractivity contribution in [1.82, 2.24) is 4.90 Å². The van der Waals surface area contributed by atoms with Crippen LogP contribution in [-0.4, -0.2) is 16.7 Å². The summed E-state index contributed by atoms with van der Waals surface area (Å²) in [5.41, 5.74) is 4.07. The molecule has 4 aromatic carbocycles. The maximum absolute atomic E-state index is 12.6. The van der Waals surface area contributed by atoms with E-state index in [1.54, 1.807) is 24.3 Å². The van der Waals surface area contributed by atoms with E-state index in [1.807, 2.05) is 42.5 Å². The molecule has 2 amide bonds. The Morgan fingerprint density at radius 1 is 0.667 bits per heavy atom. The van der Waals surface area contributed by atoms with Crippen molar-refractivity contribution in [2.24, 2.45) is 0 Å². The van der Waals surface area contributed by atoms with Gasteiger partial charge in [-0.3, -0.25) is 14.5 Å². The van der Waals surface area contributed by atoms with Gasteiger partial charge in [-0.2, -0.15) is 0 Å². The van der Waals surface area contributed by atoms with Crippen molar-refractivity contribution in [3.8, 4) is 0 Å². The number of anilines is 1. The highest BCUT2D eigenvalue weighted by Gasteiger charge is 2.34. The van der Waals surface area contributed by atoms with E-state index in [0.717, 1.165) is 16.8 Å². The van der Waals surface area contributed by atoms with Crippen molar-refractivity contribution in [1.29, 1.82) is 0 Å². The van der Waals surface area contributed by atoms with E-state index < -0.39 is 0 Å². The Labute approximate surface area is 174 Å². The van der Waals surface area contributed by atoms with E-state index in [1.165, 1.54) is 15.7 Å². The molecule has 0 fully saturated rings. The number of carbonyl (C=O) groups is 2. The van der Waals surface area contributed by atoms with Crippen LogP contribution in [0.1, 0.15) is 31.8 Å². The van der Waals surface area contributed by atoms with Crippen LogP contribution in [0.25, 0.3) is 10.8 Å². The number of nitrogens with zero attached hydrogens (tertiary/aromatic N) is 1. The zero-order valence-corrected chi connectivity index (χ0v) is 16.3. The number of amides is 2. The standard InChI is InChI=1S/C26H20N2O2/c29-25-22-12-3-4-13-23(22)26(30)28(25)17-19-8-5-7-18(15-19)16-27-24-14-6-10-20-9-1-2-11-21(20)24/h1-15,27H,16-17H2. The smallest absolute Gasteiger partial charge is 0.261 e. The summed E-state index contributed by atoms with van der Waals surface area (Å²) in [7, 11) is 0. The molecule has 0 radical (unpaired) electrons. The zero-order chi connectivity index (χ0) is 20.5. The Morgan fingerprint density at radius 3 is 2.10 bits per heavy atom. The first kappa shape index (κ1) is 18.1. The van der Waals surface area contributed by atoms with Gasteiger partial charge in [0.2, 0.25) is 0 Å². The fourth-order valence-corrected chi connectivity index (χ4v) is 3.98. The van der Waals surface area contributed by atoms with Crippen LogP contribution < -0.4 is 5.32 Å². The maximum atomic E-state index is 12.6. The third-order valence-electron chi connectivity index (χ3n) is 5.48. The molecule has 1 N–H and O–H groups in total. The minimum Gasteiger partial charge on any atom is -0.380 e. The summed E-state index contributed by atoms with van der Waals surface area (Å²) in [5.74, 6) is -0.454. The fourth-order valence-electron chi connectivity index (χ4n) is 3.98. The largest absolute Gasteiger partial charge is 0.380 e. The van der Waals surface area contributed by atoms with Gasteiger partial charge in [-0.25, -0.2) is 0 Å². The van der Waals surface area contributed by atoms with Crippen LogP contribution in [0.3, 0.4) is 0 Å². The zero-order valence-electron chi connectivity index (χ0n) is 16.3. The summed E-state index contributed by atoms with van der Waals surface area (Å²) in [6.45, 7) is 0.929. The van der Waals surface area contributed by atoms with Gasteiger partial charge in [0.05, 0.1) is 17.7 Å². The lowest BCUT2D eigenvalue weighted by atomic mass is 10.1. The number of nitrogens with one attached hydrogen (secondary N) is 1. The van der Waals surface area contributed by atoms with E-state index in [-0.39, 0.29) is 18.4 Å². The quantitative estimate of drug-likeness (QED) is 0.472. The molecule has 5 rings (SSSR count). The second kappa shape index (κ2) is 7.48. The number of benzene rings is 4. The molecule has 4 nitrogen and oxygen atoms in total. The van der Waals surface area contributed by atoms with E-state index in [2.05, 4.69) is 29.6 Å². The van der Waals surface area contributed by atoms with Crippen LogP contribution in [0.4, 0.5) is 5.69 Å². The number of imide groups is 1. The predicted molar refractivity (Wildman–Crippen MR) is 118 cm³/mol. The lowest BCUT2D eigenvalue weighted by Gasteiger charge is -2.15. The van der Waals surface area contributed by atoms with Gasteiger partial charge in [0, 0.05) is 17.6 Å². The molecule has 4 heteroatoms. The first-order valence-corrected chi connectivity index (χ1v) is 9.95. The molecular formula is C26H20N2O2. The summed E-state index contributed by atoms with van der Waals surface area (Å²) in [6.07, 6.45) is 0. The lowest BCUT2D eigenvalue weighted by molar-refractivity contribution is 0.0642. The summed E-state index contributed by atoms with van der Waals surface area (Å²) in [5, 5.41) is 5.89. The normalized spacial score (nSPS) is 13.0. The summed E-state index contributed by atoms with van der Waals surface area (Å²) in [6, 6.07) is 29.5. The molecule has 4 aromatic rings. The summed E-state index contributed by atoms with van der Waals surface area (Å²) in [4.78, 5) is 26.6. The second-order valence-corrected chi connectivity index (χ2v) is 7.44. The molecule has 0 unspecified atom stereocenters. The molecule has 0 aliphatic carbocycles.